The molecule has 6 heteroatoms. The van der Waals surface area contributed by atoms with Gasteiger partial charge in [0.15, 0.2) is 0 Å². The van der Waals surface area contributed by atoms with Crippen LogP contribution in [0.1, 0.15) is 16.2 Å². The van der Waals surface area contributed by atoms with Crippen molar-refractivity contribution in [1.82, 2.24) is 14.9 Å². The number of fused-ring (bicyclic) bond motifs is 1. The highest BCUT2D eigenvalue weighted by Crippen LogP contribution is 2.16. The van der Waals surface area contributed by atoms with Crippen molar-refractivity contribution in [2.45, 2.75) is 11.8 Å². The van der Waals surface area contributed by atoms with Gasteiger partial charge in [0.25, 0.3) is 11.5 Å². The maximum Gasteiger partial charge on any atom is 0.265 e. The van der Waals surface area contributed by atoms with Gasteiger partial charge in [0, 0.05) is 22.8 Å². The third kappa shape index (κ3) is 4.28. The van der Waals surface area contributed by atoms with E-state index in [0.29, 0.717) is 34.5 Å². The highest BCUT2D eigenvalue weighted by molar-refractivity contribution is 7.99. The van der Waals surface area contributed by atoms with Crippen molar-refractivity contribution in [2.75, 3.05) is 12.3 Å². The molecule has 5 nitrogen and oxygen atoms in total. The fraction of sp³-hybridized carbons (Fsp3) is 0.125. The van der Waals surface area contributed by atoms with Crippen LogP contribution in [0.15, 0.2) is 88.6 Å². The van der Waals surface area contributed by atoms with Gasteiger partial charge in [0.05, 0.1) is 16.6 Å². The summed E-state index contributed by atoms with van der Waals surface area (Å²) in [5.74, 6) is 1.27. The number of amides is 1. The lowest BCUT2D eigenvalue weighted by atomic mass is 10.2. The minimum Gasteiger partial charge on any atom is -0.351 e. The normalized spacial score (nSPS) is 10.8. The number of carbonyl (C=O) groups excluding carboxylic acids is 1. The average molecular weight is 416 g/mol. The zero-order valence-electron chi connectivity index (χ0n) is 16.5. The molecule has 0 radical (unpaired) electrons. The first kappa shape index (κ1) is 19.9. The third-order valence-electron chi connectivity index (χ3n) is 4.73. The van der Waals surface area contributed by atoms with Crippen LogP contribution in [0, 0.1) is 6.92 Å². The summed E-state index contributed by atoms with van der Waals surface area (Å²) >= 11 is 1.70. The standard InChI is InChI=1S/C24H21N3O2S/c1-17-26-22-10-6-5-9-21(22)24(29)27(17)19-13-11-18(12-14-19)23(28)25-15-16-30-20-7-3-2-4-8-20/h2-14H,15-16H2,1H3,(H,25,28). The molecule has 1 heterocycles. The van der Waals surface area contributed by atoms with Crippen LogP contribution in [0.2, 0.25) is 0 Å². The molecule has 0 aliphatic carbocycles. The van der Waals surface area contributed by atoms with Gasteiger partial charge in [0.2, 0.25) is 0 Å². The summed E-state index contributed by atoms with van der Waals surface area (Å²) in [6.07, 6.45) is 0. The van der Waals surface area contributed by atoms with Gasteiger partial charge in [-0.25, -0.2) is 4.98 Å². The van der Waals surface area contributed by atoms with Crippen molar-refractivity contribution in [2.24, 2.45) is 0 Å². The molecule has 0 saturated heterocycles. The lowest BCUT2D eigenvalue weighted by Crippen LogP contribution is -2.26. The van der Waals surface area contributed by atoms with E-state index in [1.807, 2.05) is 36.4 Å². The van der Waals surface area contributed by atoms with E-state index < -0.39 is 0 Å². The lowest BCUT2D eigenvalue weighted by Gasteiger charge is -2.11. The average Bonchev–Trinajstić information content (AvgIpc) is 2.78. The predicted octanol–water partition coefficient (Wildman–Crippen LogP) is 4.22. The second-order valence-electron chi connectivity index (χ2n) is 6.78. The summed E-state index contributed by atoms with van der Waals surface area (Å²) in [6, 6.07) is 24.4. The Hall–Kier alpha value is -3.38. The minimum absolute atomic E-state index is 0.117. The molecule has 150 valence electrons. The first-order valence-corrected chi connectivity index (χ1v) is 10.7. The van der Waals surface area contributed by atoms with E-state index in [-0.39, 0.29) is 11.5 Å². The zero-order valence-corrected chi connectivity index (χ0v) is 17.4. The van der Waals surface area contributed by atoms with Crippen LogP contribution < -0.4 is 10.9 Å². The van der Waals surface area contributed by atoms with E-state index in [9.17, 15) is 9.59 Å². The fourth-order valence-corrected chi connectivity index (χ4v) is 4.05. The summed E-state index contributed by atoms with van der Waals surface area (Å²) in [5, 5.41) is 3.50. The number of nitrogens with one attached hydrogen (secondary N) is 1. The number of nitrogens with zero attached hydrogens (tertiary/aromatic N) is 2. The molecule has 0 spiro atoms. The maximum atomic E-state index is 12.9. The van der Waals surface area contributed by atoms with E-state index in [0.717, 1.165) is 5.75 Å². The molecular formula is C24H21N3O2S. The van der Waals surface area contributed by atoms with E-state index in [1.165, 1.54) is 4.90 Å². The Kier molecular flexibility index (Phi) is 5.95. The second-order valence-corrected chi connectivity index (χ2v) is 7.95. The van der Waals surface area contributed by atoms with E-state index >= 15 is 0 Å². The number of aromatic nitrogens is 2. The molecule has 1 N–H and O–H groups in total. The molecule has 0 unspecified atom stereocenters. The number of benzene rings is 3. The van der Waals surface area contributed by atoms with E-state index in [4.69, 9.17) is 0 Å². The third-order valence-corrected chi connectivity index (χ3v) is 5.74. The first-order chi connectivity index (χ1) is 14.6. The van der Waals surface area contributed by atoms with Gasteiger partial charge < -0.3 is 5.32 Å². The molecule has 0 atom stereocenters. The molecule has 4 rings (SSSR count). The van der Waals surface area contributed by atoms with Crippen molar-refractivity contribution in [3.63, 3.8) is 0 Å². The largest absolute Gasteiger partial charge is 0.351 e. The van der Waals surface area contributed by atoms with E-state index in [1.54, 1.807) is 53.6 Å². The summed E-state index contributed by atoms with van der Waals surface area (Å²) in [4.78, 5) is 31.0. The lowest BCUT2D eigenvalue weighted by molar-refractivity contribution is 0.0956. The molecule has 0 aliphatic heterocycles. The second kappa shape index (κ2) is 8.97. The van der Waals surface area contributed by atoms with Crippen LogP contribution in [0.4, 0.5) is 0 Å². The maximum absolute atomic E-state index is 12.9. The molecule has 4 aromatic rings. The monoisotopic (exact) mass is 415 g/mol. The van der Waals surface area contributed by atoms with Crippen molar-refractivity contribution in [1.29, 1.82) is 0 Å². The number of thioether (sulfide) groups is 1. The molecule has 1 aromatic heterocycles. The van der Waals surface area contributed by atoms with Gasteiger partial charge in [-0.2, -0.15) is 0 Å². The molecule has 1 amide bonds. The van der Waals surface area contributed by atoms with Crippen molar-refractivity contribution < 1.29 is 4.79 Å². The molecule has 0 aliphatic rings. The Bertz CT molecular complexity index is 1240. The highest BCUT2D eigenvalue weighted by Gasteiger charge is 2.11. The number of hydrogen-bond acceptors (Lipinski definition) is 4. The summed E-state index contributed by atoms with van der Waals surface area (Å²) < 4.78 is 1.57. The van der Waals surface area contributed by atoms with Crippen LogP contribution in [-0.4, -0.2) is 27.8 Å². The molecule has 0 bridgehead atoms. The summed E-state index contributed by atoms with van der Waals surface area (Å²) in [5.41, 5.74) is 1.81. The van der Waals surface area contributed by atoms with E-state index in [2.05, 4.69) is 22.4 Å². The Balaban J connectivity index is 1.45. The summed E-state index contributed by atoms with van der Waals surface area (Å²) in [6.45, 7) is 2.38. The smallest absolute Gasteiger partial charge is 0.265 e. The minimum atomic E-state index is -0.129. The van der Waals surface area contributed by atoms with Crippen molar-refractivity contribution >= 4 is 28.6 Å². The Morgan fingerprint density at radius 3 is 2.43 bits per heavy atom. The molecule has 0 fully saturated rings. The van der Waals surface area contributed by atoms with Gasteiger partial charge >= 0.3 is 0 Å². The number of rotatable bonds is 6. The van der Waals surface area contributed by atoms with Gasteiger partial charge in [-0.15, -0.1) is 11.8 Å². The van der Waals surface area contributed by atoms with Crippen LogP contribution in [0.3, 0.4) is 0 Å². The van der Waals surface area contributed by atoms with Crippen molar-refractivity contribution in [3.05, 3.63) is 101 Å². The molecule has 0 saturated carbocycles. The topological polar surface area (TPSA) is 64.0 Å². The van der Waals surface area contributed by atoms with Gasteiger partial charge in [-0.1, -0.05) is 30.3 Å². The van der Waals surface area contributed by atoms with Crippen molar-refractivity contribution in [3.8, 4) is 5.69 Å². The molecule has 3 aromatic carbocycles. The quantitative estimate of drug-likeness (QED) is 0.378. The number of aryl methyl sites for hydroxylation is 1. The number of para-hydroxylation sites is 1. The molecular weight excluding hydrogens is 394 g/mol. The number of carbonyl (C=O) groups is 1. The predicted molar refractivity (Wildman–Crippen MR) is 122 cm³/mol. The Morgan fingerprint density at radius 1 is 0.967 bits per heavy atom. The SMILES string of the molecule is Cc1nc2ccccc2c(=O)n1-c1ccc(C(=O)NCCSc2ccccc2)cc1. The van der Waals surface area contributed by atoms with Gasteiger partial charge in [-0.3, -0.25) is 14.2 Å². The Labute approximate surface area is 178 Å². The fourth-order valence-electron chi connectivity index (χ4n) is 3.26. The van der Waals surface area contributed by atoms with Crippen LogP contribution in [0.25, 0.3) is 16.6 Å². The number of hydrogen-bond donors (Lipinski definition) is 1. The van der Waals surface area contributed by atoms with Crippen LogP contribution >= 0.6 is 11.8 Å². The summed E-state index contributed by atoms with van der Waals surface area (Å²) in [7, 11) is 0. The van der Waals surface area contributed by atoms with Crippen LogP contribution in [-0.2, 0) is 0 Å². The first-order valence-electron chi connectivity index (χ1n) is 9.68. The van der Waals surface area contributed by atoms with Gasteiger partial charge in [0.1, 0.15) is 5.82 Å². The zero-order chi connectivity index (χ0) is 20.9. The highest BCUT2D eigenvalue weighted by atomic mass is 32.2. The molecule has 30 heavy (non-hydrogen) atoms. The van der Waals surface area contributed by atoms with Crippen LogP contribution in [0.5, 0.6) is 0 Å². The van der Waals surface area contributed by atoms with Gasteiger partial charge in [-0.05, 0) is 55.5 Å². The Morgan fingerprint density at radius 2 is 1.67 bits per heavy atom.